The maximum absolute atomic E-state index is 13.7. The highest BCUT2D eigenvalue weighted by molar-refractivity contribution is 6.04. The summed E-state index contributed by atoms with van der Waals surface area (Å²) in [6.07, 6.45) is 11.1. The lowest BCUT2D eigenvalue weighted by atomic mass is 9.48. The van der Waals surface area contributed by atoms with Gasteiger partial charge in [-0.3, -0.25) is 10.1 Å². The molecule has 0 spiro atoms. The number of aromatic nitrogens is 5. The van der Waals surface area contributed by atoms with E-state index in [-0.39, 0.29) is 11.3 Å². The molecule has 7 nitrogen and oxygen atoms in total. The molecule has 37 heavy (non-hydrogen) atoms. The van der Waals surface area contributed by atoms with Gasteiger partial charge in [0.05, 0.1) is 23.5 Å². The summed E-state index contributed by atoms with van der Waals surface area (Å²) < 4.78 is 3.65. The third-order valence-electron chi connectivity index (χ3n) is 8.88. The molecule has 8 rings (SSSR count). The van der Waals surface area contributed by atoms with Crippen molar-refractivity contribution in [3.05, 3.63) is 89.5 Å². The van der Waals surface area contributed by atoms with Crippen LogP contribution in [0.3, 0.4) is 0 Å². The number of nitrogens with zero attached hydrogens (tertiary/aromatic N) is 5. The van der Waals surface area contributed by atoms with Gasteiger partial charge in [0.2, 0.25) is 5.95 Å². The minimum atomic E-state index is -0.179. The summed E-state index contributed by atoms with van der Waals surface area (Å²) in [6.45, 7) is 2.70. The van der Waals surface area contributed by atoms with Crippen molar-refractivity contribution in [2.45, 2.75) is 57.4 Å². The molecule has 4 saturated carbocycles. The number of para-hydroxylation sites is 1. The van der Waals surface area contributed by atoms with Gasteiger partial charge in [0.15, 0.2) is 0 Å². The van der Waals surface area contributed by atoms with E-state index in [0.29, 0.717) is 18.1 Å². The quantitative estimate of drug-likeness (QED) is 0.383. The van der Waals surface area contributed by atoms with Crippen molar-refractivity contribution in [3.8, 4) is 5.69 Å². The zero-order valence-electron chi connectivity index (χ0n) is 21.2. The zero-order valence-corrected chi connectivity index (χ0v) is 21.2. The van der Waals surface area contributed by atoms with Crippen LogP contribution < -0.4 is 5.32 Å². The van der Waals surface area contributed by atoms with Gasteiger partial charge in [0.25, 0.3) is 5.91 Å². The molecule has 4 aromatic rings. The second kappa shape index (κ2) is 8.68. The zero-order chi connectivity index (χ0) is 25.0. The molecule has 0 atom stereocenters. The van der Waals surface area contributed by atoms with E-state index in [1.165, 1.54) is 30.4 Å². The Kier molecular flexibility index (Phi) is 5.27. The summed E-state index contributed by atoms with van der Waals surface area (Å²) in [7, 11) is 0. The van der Waals surface area contributed by atoms with Crippen LogP contribution >= 0.6 is 0 Å². The molecule has 0 unspecified atom stereocenters. The summed E-state index contributed by atoms with van der Waals surface area (Å²) in [5.74, 6) is 2.44. The summed E-state index contributed by atoms with van der Waals surface area (Å²) in [6, 6.07) is 18.3. The van der Waals surface area contributed by atoms with E-state index in [1.807, 2.05) is 53.3 Å². The third kappa shape index (κ3) is 4.06. The third-order valence-corrected chi connectivity index (χ3v) is 8.88. The van der Waals surface area contributed by atoms with Gasteiger partial charge >= 0.3 is 0 Å². The van der Waals surface area contributed by atoms with Crippen LogP contribution in [0.2, 0.25) is 0 Å². The van der Waals surface area contributed by atoms with Crippen molar-refractivity contribution in [1.29, 1.82) is 0 Å². The number of amides is 1. The molecule has 188 valence electrons. The molecule has 2 heterocycles. The number of nitrogens with one attached hydrogen (secondary N) is 1. The van der Waals surface area contributed by atoms with Crippen LogP contribution in [0.5, 0.6) is 0 Å². The lowest BCUT2D eigenvalue weighted by Crippen LogP contribution is -2.49. The van der Waals surface area contributed by atoms with Gasteiger partial charge in [-0.1, -0.05) is 42.5 Å². The fraction of sp³-hybridized carbons (Fsp3) is 0.400. The Morgan fingerprint density at radius 1 is 0.946 bits per heavy atom. The van der Waals surface area contributed by atoms with E-state index < -0.39 is 0 Å². The number of anilines is 1. The molecule has 4 fully saturated rings. The average molecular weight is 493 g/mol. The first kappa shape index (κ1) is 22.5. The van der Waals surface area contributed by atoms with Crippen molar-refractivity contribution < 1.29 is 4.79 Å². The SMILES string of the molecule is Cc1ccccc1Cn1cnc(NC(=O)c2cn(-c3ccccc3)nc2C23CC4CC(CC(C4)C2)C3)n1. The molecule has 4 bridgehead atoms. The summed E-state index contributed by atoms with van der Waals surface area (Å²) in [5.41, 5.74) is 4.97. The second-order valence-corrected chi connectivity index (χ2v) is 11.5. The maximum atomic E-state index is 13.7. The first-order chi connectivity index (χ1) is 18.0. The molecule has 4 aliphatic carbocycles. The highest BCUT2D eigenvalue weighted by Crippen LogP contribution is 2.60. The highest BCUT2D eigenvalue weighted by atomic mass is 16.1. The van der Waals surface area contributed by atoms with Gasteiger partial charge in [-0.2, -0.15) is 5.10 Å². The molecule has 2 aromatic carbocycles. The minimum Gasteiger partial charge on any atom is -0.289 e. The van der Waals surface area contributed by atoms with Crippen LogP contribution in [0.15, 0.2) is 67.1 Å². The molecule has 2 aromatic heterocycles. The van der Waals surface area contributed by atoms with Crippen LogP contribution in [0.4, 0.5) is 5.95 Å². The van der Waals surface area contributed by atoms with Gasteiger partial charge in [0, 0.05) is 11.6 Å². The fourth-order valence-corrected chi connectivity index (χ4v) is 7.60. The van der Waals surface area contributed by atoms with E-state index in [0.717, 1.165) is 48.4 Å². The Morgan fingerprint density at radius 2 is 1.62 bits per heavy atom. The fourth-order valence-electron chi connectivity index (χ4n) is 7.60. The van der Waals surface area contributed by atoms with Gasteiger partial charge in [-0.25, -0.2) is 14.3 Å². The predicted molar refractivity (Wildman–Crippen MR) is 142 cm³/mol. The number of hydrogen-bond donors (Lipinski definition) is 1. The summed E-state index contributed by atoms with van der Waals surface area (Å²) >= 11 is 0. The molecule has 4 aliphatic rings. The van der Waals surface area contributed by atoms with Crippen molar-refractivity contribution >= 4 is 11.9 Å². The molecule has 1 amide bonds. The van der Waals surface area contributed by atoms with Crippen molar-refractivity contribution in [2.75, 3.05) is 5.32 Å². The number of benzene rings is 2. The highest BCUT2D eigenvalue weighted by Gasteiger charge is 2.54. The Morgan fingerprint density at radius 3 is 2.32 bits per heavy atom. The van der Waals surface area contributed by atoms with E-state index in [4.69, 9.17) is 5.10 Å². The van der Waals surface area contributed by atoms with Crippen LogP contribution in [0.1, 0.15) is 65.7 Å². The second-order valence-electron chi connectivity index (χ2n) is 11.5. The molecule has 0 aliphatic heterocycles. The first-order valence-corrected chi connectivity index (χ1v) is 13.5. The lowest BCUT2D eigenvalue weighted by molar-refractivity contribution is -0.00765. The lowest BCUT2D eigenvalue weighted by Gasteiger charge is -2.56. The van der Waals surface area contributed by atoms with E-state index >= 15 is 0 Å². The number of rotatable bonds is 6. The van der Waals surface area contributed by atoms with Crippen molar-refractivity contribution in [1.82, 2.24) is 24.5 Å². The largest absolute Gasteiger partial charge is 0.289 e. The van der Waals surface area contributed by atoms with Crippen LogP contribution in [0.25, 0.3) is 5.69 Å². The number of carbonyl (C=O) groups excluding carboxylic acids is 1. The summed E-state index contributed by atoms with van der Waals surface area (Å²) in [4.78, 5) is 18.1. The molecule has 0 radical (unpaired) electrons. The van der Waals surface area contributed by atoms with Crippen molar-refractivity contribution in [3.63, 3.8) is 0 Å². The molecule has 1 N–H and O–H groups in total. The Balaban J connectivity index is 1.20. The van der Waals surface area contributed by atoms with E-state index in [9.17, 15) is 4.79 Å². The van der Waals surface area contributed by atoms with Crippen LogP contribution in [-0.2, 0) is 12.0 Å². The molecule has 7 heteroatoms. The number of carbonyl (C=O) groups is 1. The minimum absolute atomic E-state index is 0.000914. The van der Waals surface area contributed by atoms with Crippen molar-refractivity contribution in [2.24, 2.45) is 17.8 Å². The standard InChI is InChI=1S/C30H32N6O/c1-20-7-5-6-8-24(20)17-35-19-31-29(34-35)32-28(37)26-18-36(25-9-3-2-4-10-25)33-27(26)30-14-21-11-22(15-30)13-23(12-21)16-30/h2-10,18-19,21-23H,11-17H2,1H3,(H,32,34,37). The average Bonchev–Trinajstić information content (AvgIpc) is 3.53. The number of aryl methyl sites for hydroxylation is 1. The van der Waals surface area contributed by atoms with E-state index in [1.54, 1.807) is 11.0 Å². The van der Waals surface area contributed by atoms with Crippen LogP contribution in [-0.4, -0.2) is 30.5 Å². The topological polar surface area (TPSA) is 77.6 Å². The van der Waals surface area contributed by atoms with Gasteiger partial charge in [0.1, 0.15) is 6.33 Å². The summed E-state index contributed by atoms with van der Waals surface area (Å²) in [5, 5.41) is 12.6. The Hall–Kier alpha value is -3.74. The Bertz CT molecular complexity index is 1420. The Labute approximate surface area is 216 Å². The number of hydrogen-bond acceptors (Lipinski definition) is 4. The molecule has 0 saturated heterocycles. The van der Waals surface area contributed by atoms with Gasteiger partial charge in [-0.05, 0) is 86.5 Å². The normalized spacial score (nSPS) is 25.9. The van der Waals surface area contributed by atoms with Gasteiger partial charge < -0.3 is 0 Å². The monoisotopic (exact) mass is 492 g/mol. The van der Waals surface area contributed by atoms with E-state index in [2.05, 4.69) is 34.5 Å². The smallest absolute Gasteiger partial charge is 0.261 e. The first-order valence-electron chi connectivity index (χ1n) is 13.5. The van der Waals surface area contributed by atoms with Gasteiger partial charge in [-0.15, -0.1) is 5.10 Å². The maximum Gasteiger partial charge on any atom is 0.261 e. The molecular formula is C30H32N6O. The molecular weight excluding hydrogens is 460 g/mol. The predicted octanol–water partition coefficient (Wildman–Crippen LogP) is 5.54. The van der Waals surface area contributed by atoms with Crippen LogP contribution in [0, 0.1) is 24.7 Å².